The highest BCUT2D eigenvalue weighted by molar-refractivity contribution is 7.90. The lowest BCUT2D eigenvalue weighted by atomic mass is 10.2. The van der Waals surface area contributed by atoms with Crippen molar-refractivity contribution in [3.63, 3.8) is 0 Å². The summed E-state index contributed by atoms with van der Waals surface area (Å²) in [5.74, 6) is 0.801. The fourth-order valence-electron chi connectivity index (χ4n) is 2.21. The van der Waals surface area contributed by atoms with Gasteiger partial charge in [-0.3, -0.25) is 4.57 Å². The maximum absolute atomic E-state index is 12.3. The monoisotopic (exact) mass is 428 g/mol. The Bertz CT molecular complexity index is 722. The predicted octanol–water partition coefficient (Wildman–Crippen LogP) is 4.43. The van der Waals surface area contributed by atoms with Crippen molar-refractivity contribution < 1.29 is 9.29 Å². The van der Waals surface area contributed by atoms with Crippen LogP contribution in [-0.4, -0.2) is 38.7 Å². The van der Waals surface area contributed by atoms with Gasteiger partial charge in [0.25, 0.3) is 0 Å². The van der Waals surface area contributed by atoms with Gasteiger partial charge < -0.3 is 9.29 Å². The lowest BCUT2D eigenvalue weighted by Gasteiger charge is -2.26. The summed E-state index contributed by atoms with van der Waals surface area (Å²) >= 11 is 0.530. The number of hydrogen-bond donors (Lipinski definition) is 1. The van der Waals surface area contributed by atoms with Crippen LogP contribution >= 0.6 is 11.3 Å². The maximum atomic E-state index is 12.3. The van der Waals surface area contributed by atoms with Crippen molar-refractivity contribution >= 4 is 30.8 Å². The standard InChI is InChI=1S/C18H32N4O2S2Si/c1-14(21-26(23)18(2,3)4)16-10-15(11-25-16)17-20-19-12-22(17)13-24-8-9-27(5,6)7/h10-12,14,21H,8-9,13H2,1-7H3/t14-,26+/m1/s1. The van der Waals surface area contributed by atoms with Crippen molar-refractivity contribution in [3.05, 3.63) is 22.7 Å². The lowest BCUT2D eigenvalue weighted by Crippen LogP contribution is -2.40. The molecular formula is C18H32N4O2S2Si. The zero-order valence-electron chi connectivity index (χ0n) is 17.4. The van der Waals surface area contributed by atoms with Crippen LogP contribution in [-0.2, 0) is 22.8 Å². The van der Waals surface area contributed by atoms with Gasteiger partial charge in [-0.1, -0.05) is 19.6 Å². The number of nitrogens with zero attached hydrogens (tertiary/aromatic N) is 3. The zero-order valence-corrected chi connectivity index (χ0v) is 20.0. The second-order valence-electron chi connectivity index (χ2n) is 8.93. The third-order valence-corrected chi connectivity index (χ3v) is 8.49. The molecule has 9 heteroatoms. The number of thiophene rings is 1. The lowest BCUT2D eigenvalue weighted by molar-refractivity contribution is 0.0880. The van der Waals surface area contributed by atoms with E-state index in [1.165, 1.54) is 0 Å². The average Bonchev–Trinajstić information content (AvgIpc) is 3.18. The quantitative estimate of drug-likeness (QED) is 0.363. The summed E-state index contributed by atoms with van der Waals surface area (Å²) in [6, 6.07) is 3.24. The number of nitrogens with one attached hydrogen (secondary N) is 1. The topological polar surface area (TPSA) is 75.0 Å². The summed E-state index contributed by atoms with van der Waals surface area (Å²) in [6.45, 7) is 16.2. The van der Waals surface area contributed by atoms with E-state index in [2.05, 4.69) is 46.0 Å². The maximum Gasteiger partial charge on any atom is 0.166 e. The largest absolute Gasteiger partial charge is 0.598 e. The first-order chi connectivity index (χ1) is 12.5. The van der Waals surface area contributed by atoms with Gasteiger partial charge in [0, 0.05) is 41.9 Å². The number of hydrogen-bond acceptors (Lipinski definition) is 6. The van der Waals surface area contributed by atoms with Crippen LogP contribution in [0.2, 0.25) is 25.7 Å². The Morgan fingerprint density at radius 1 is 1.37 bits per heavy atom. The number of rotatable bonds is 9. The van der Waals surface area contributed by atoms with Crippen LogP contribution in [0.15, 0.2) is 17.8 Å². The molecule has 2 atom stereocenters. The molecule has 0 saturated carbocycles. The fraction of sp³-hybridized carbons (Fsp3) is 0.667. The summed E-state index contributed by atoms with van der Waals surface area (Å²) < 4.78 is 23.0. The Balaban J connectivity index is 1.99. The minimum Gasteiger partial charge on any atom is -0.598 e. The highest BCUT2D eigenvalue weighted by Crippen LogP contribution is 2.29. The first-order valence-electron chi connectivity index (χ1n) is 9.20. The Labute approximate surface area is 171 Å². The van der Waals surface area contributed by atoms with Crippen molar-refractivity contribution in [1.82, 2.24) is 19.5 Å². The van der Waals surface area contributed by atoms with Gasteiger partial charge in [-0.15, -0.1) is 26.3 Å². The van der Waals surface area contributed by atoms with E-state index >= 15 is 0 Å². The van der Waals surface area contributed by atoms with Crippen LogP contribution in [0.25, 0.3) is 11.4 Å². The van der Waals surface area contributed by atoms with Crippen LogP contribution in [0, 0.1) is 0 Å². The van der Waals surface area contributed by atoms with Crippen molar-refractivity contribution in [1.29, 1.82) is 0 Å². The van der Waals surface area contributed by atoms with Gasteiger partial charge in [0.15, 0.2) is 5.82 Å². The molecular weight excluding hydrogens is 396 g/mol. The van der Waals surface area contributed by atoms with Crippen LogP contribution in [0.1, 0.15) is 38.6 Å². The molecule has 2 rings (SSSR count). The van der Waals surface area contributed by atoms with E-state index in [-0.39, 0.29) is 10.8 Å². The normalized spacial score (nSPS) is 15.1. The fourth-order valence-corrected chi connectivity index (χ4v) is 4.73. The molecule has 0 radical (unpaired) electrons. The molecule has 0 aliphatic carbocycles. The molecule has 1 N–H and O–H groups in total. The summed E-state index contributed by atoms with van der Waals surface area (Å²) in [5, 5.41) is 10.4. The molecule has 0 spiro atoms. The zero-order chi connectivity index (χ0) is 20.2. The summed E-state index contributed by atoms with van der Waals surface area (Å²) in [4.78, 5) is 1.12. The van der Waals surface area contributed by atoms with E-state index < -0.39 is 19.4 Å². The van der Waals surface area contributed by atoms with E-state index in [9.17, 15) is 4.55 Å². The van der Waals surface area contributed by atoms with Crippen LogP contribution in [0.4, 0.5) is 0 Å². The molecule has 0 aliphatic heterocycles. The molecule has 0 aromatic carbocycles. The van der Waals surface area contributed by atoms with E-state index in [4.69, 9.17) is 4.74 Å². The molecule has 0 bridgehead atoms. The molecule has 0 unspecified atom stereocenters. The first-order valence-corrected chi connectivity index (χ1v) is 14.9. The van der Waals surface area contributed by atoms with Gasteiger partial charge in [0.1, 0.15) is 17.8 Å². The Morgan fingerprint density at radius 3 is 2.70 bits per heavy atom. The smallest absolute Gasteiger partial charge is 0.166 e. The van der Waals surface area contributed by atoms with Crippen molar-refractivity contribution in [2.75, 3.05) is 6.61 Å². The third-order valence-electron chi connectivity index (χ3n) is 3.99. The molecule has 6 nitrogen and oxygen atoms in total. The molecule has 2 heterocycles. The van der Waals surface area contributed by atoms with E-state index in [0.717, 1.165) is 28.9 Å². The second kappa shape index (κ2) is 9.19. The number of aromatic nitrogens is 3. The molecule has 0 fully saturated rings. The Hall–Kier alpha value is -0.713. The second-order valence-corrected chi connectivity index (χ2v) is 17.5. The van der Waals surface area contributed by atoms with Gasteiger partial charge in [0.05, 0.1) is 6.04 Å². The molecule has 2 aromatic heterocycles. The van der Waals surface area contributed by atoms with E-state index in [1.54, 1.807) is 17.7 Å². The third kappa shape index (κ3) is 6.99. The van der Waals surface area contributed by atoms with Crippen LogP contribution in [0.5, 0.6) is 0 Å². The summed E-state index contributed by atoms with van der Waals surface area (Å²) in [5.41, 5.74) is 1.01. The SMILES string of the molecule is C[C@@H](N[S@@+]([O-])C(C)(C)C)c1cc(-c2nncn2COCC[Si](C)(C)C)cs1. The van der Waals surface area contributed by atoms with Crippen LogP contribution < -0.4 is 4.72 Å². The van der Waals surface area contributed by atoms with E-state index in [0.29, 0.717) is 6.73 Å². The highest BCUT2D eigenvalue weighted by Gasteiger charge is 2.28. The Kier molecular flexibility index (Phi) is 7.68. The average molecular weight is 429 g/mol. The van der Waals surface area contributed by atoms with Gasteiger partial charge in [-0.25, -0.2) is 0 Å². The molecule has 2 aromatic rings. The summed E-state index contributed by atoms with van der Waals surface area (Å²) in [6.07, 6.45) is 1.71. The molecule has 0 saturated heterocycles. The predicted molar refractivity (Wildman–Crippen MR) is 117 cm³/mol. The van der Waals surface area contributed by atoms with Crippen molar-refractivity contribution in [2.45, 2.75) is 70.9 Å². The Morgan fingerprint density at radius 2 is 2.07 bits per heavy atom. The minimum absolute atomic E-state index is 0.00757. The molecule has 152 valence electrons. The first kappa shape index (κ1) is 22.6. The van der Waals surface area contributed by atoms with Gasteiger partial charge in [0.2, 0.25) is 0 Å². The molecule has 0 aliphatic rings. The van der Waals surface area contributed by atoms with Crippen molar-refractivity contribution in [2.24, 2.45) is 0 Å². The van der Waals surface area contributed by atoms with Crippen molar-refractivity contribution in [3.8, 4) is 11.4 Å². The highest BCUT2D eigenvalue weighted by atomic mass is 32.2. The number of ether oxygens (including phenoxy) is 1. The summed E-state index contributed by atoms with van der Waals surface area (Å²) in [7, 11) is -1.09. The molecule has 27 heavy (non-hydrogen) atoms. The molecule has 0 amide bonds. The van der Waals surface area contributed by atoms with Gasteiger partial charge in [-0.2, -0.15) is 0 Å². The van der Waals surface area contributed by atoms with E-state index in [1.807, 2.05) is 32.3 Å². The minimum atomic E-state index is -1.11. The van der Waals surface area contributed by atoms with Gasteiger partial charge in [-0.05, 0) is 39.8 Å². The van der Waals surface area contributed by atoms with Crippen LogP contribution in [0.3, 0.4) is 0 Å². The van der Waals surface area contributed by atoms with Gasteiger partial charge >= 0.3 is 0 Å².